The highest BCUT2D eigenvalue weighted by Gasteiger charge is 2.46. The predicted molar refractivity (Wildman–Crippen MR) is 124 cm³/mol. The molecule has 3 aliphatic heterocycles. The highest BCUT2D eigenvalue weighted by atomic mass is 16.2. The highest BCUT2D eigenvalue weighted by Crippen LogP contribution is 2.35. The van der Waals surface area contributed by atoms with Crippen molar-refractivity contribution in [3.63, 3.8) is 0 Å². The molecule has 4 rings (SSSR count). The Kier molecular flexibility index (Phi) is 7.39. The van der Waals surface area contributed by atoms with Crippen LogP contribution in [-0.4, -0.2) is 64.6 Å². The Labute approximate surface area is 191 Å². The Bertz CT molecular complexity index is 870. The zero-order chi connectivity index (χ0) is 23.5. The summed E-state index contributed by atoms with van der Waals surface area (Å²) in [5, 5.41) is 1.95. The molecule has 2 amide bonds. The van der Waals surface area contributed by atoms with Gasteiger partial charge in [-0.1, -0.05) is 43.7 Å². The van der Waals surface area contributed by atoms with Crippen molar-refractivity contribution in [2.45, 2.75) is 59.0 Å². The van der Waals surface area contributed by atoms with Gasteiger partial charge in [-0.25, -0.2) is 5.43 Å². The molecule has 1 atom stereocenters. The van der Waals surface area contributed by atoms with Gasteiger partial charge in [0.2, 0.25) is 5.91 Å². The molecule has 32 heavy (non-hydrogen) atoms. The topological polar surface area (TPSA) is 73.0 Å². The summed E-state index contributed by atoms with van der Waals surface area (Å²) in [7, 11) is 0. The second-order valence-corrected chi connectivity index (χ2v) is 9.23. The summed E-state index contributed by atoms with van der Waals surface area (Å²) in [5.41, 5.74) is 6.02. The van der Waals surface area contributed by atoms with E-state index in [0.29, 0.717) is 38.2 Å². The minimum atomic E-state index is -0.343. The van der Waals surface area contributed by atoms with Crippen molar-refractivity contribution in [2.75, 3.05) is 26.2 Å². The lowest BCUT2D eigenvalue weighted by Gasteiger charge is -2.47. The van der Waals surface area contributed by atoms with Gasteiger partial charge in [0.1, 0.15) is 18.5 Å². The van der Waals surface area contributed by atoms with Gasteiger partial charge in [-0.05, 0) is 45.3 Å². The van der Waals surface area contributed by atoms with E-state index in [0.717, 1.165) is 11.8 Å². The number of piperazine rings is 1. The van der Waals surface area contributed by atoms with E-state index in [4.69, 9.17) is 0 Å². The molecule has 0 radical (unpaired) electrons. The number of fused-ring (bicyclic) bond motifs is 1. The van der Waals surface area contributed by atoms with Crippen molar-refractivity contribution in [1.29, 1.82) is 0 Å². The summed E-state index contributed by atoms with van der Waals surface area (Å²) in [4.78, 5) is 40.4. The number of aldehydes is 1. The zero-order valence-electron chi connectivity index (χ0n) is 19.9. The molecule has 1 aromatic rings. The average molecular weight is 441 g/mol. The van der Waals surface area contributed by atoms with Crippen molar-refractivity contribution in [3.8, 4) is 0 Å². The van der Waals surface area contributed by atoms with Gasteiger partial charge in [-0.2, -0.15) is 0 Å². The number of carbonyl (C=O) groups is 3. The first-order valence-electron chi connectivity index (χ1n) is 11.7. The molecular formula is C25H36N4O3. The van der Waals surface area contributed by atoms with Gasteiger partial charge in [0.05, 0.1) is 11.6 Å². The zero-order valence-corrected chi connectivity index (χ0v) is 19.9. The molecule has 3 heterocycles. The Morgan fingerprint density at radius 3 is 2.38 bits per heavy atom. The van der Waals surface area contributed by atoms with E-state index in [-0.39, 0.29) is 35.9 Å². The van der Waals surface area contributed by atoms with Gasteiger partial charge in [0.25, 0.3) is 5.91 Å². The van der Waals surface area contributed by atoms with Crippen molar-refractivity contribution in [2.24, 2.45) is 5.92 Å². The molecule has 7 heteroatoms. The molecular weight excluding hydrogens is 404 g/mol. The third-order valence-corrected chi connectivity index (χ3v) is 6.37. The van der Waals surface area contributed by atoms with Crippen LogP contribution in [0.1, 0.15) is 57.7 Å². The molecule has 1 unspecified atom stereocenters. The lowest BCUT2D eigenvalue weighted by atomic mass is 9.98. The van der Waals surface area contributed by atoms with E-state index in [1.165, 1.54) is 5.56 Å². The number of amides is 2. The monoisotopic (exact) mass is 440 g/mol. The number of aryl methyl sites for hydroxylation is 1. The first-order chi connectivity index (χ1) is 15.3. The second kappa shape index (κ2) is 9.86. The van der Waals surface area contributed by atoms with E-state index in [1.54, 1.807) is 9.80 Å². The van der Waals surface area contributed by atoms with Crippen molar-refractivity contribution < 1.29 is 14.4 Å². The fourth-order valence-electron chi connectivity index (χ4n) is 4.54. The number of likely N-dealkylation sites (tertiary alicyclic amines) is 1. The van der Waals surface area contributed by atoms with Gasteiger partial charge >= 0.3 is 0 Å². The maximum Gasteiger partial charge on any atom is 0.271 e. The van der Waals surface area contributed by atoms with Gasteiger partial charge in [-0.3, -0.25) is 14.6 Å². The second-order valence-electron chi connectivity index (χ2n) is 9.23. The van der Waals surface area contributed by atoms with E-state index in [2.05, 4.69) is 50.5 Å². The normalized spacial score (nSPS) is 22.7. The number of hydrazine groups is 1. The molecule has 0 aliphatic carbocycles. The Hall–Kier alpha value is -2.67. The van der Waals surface area contributed by atoms with Crippen LogP contribution in [0.4, 0.5) is 0 Å². The van der Waals surface area contributed by atoms with Gasteiger partial charge < -0.3 is 14.6 Å². The van der Waals surface area contributed by atoms with Crippen LogP contribution in [0.15, 0.2) is 36.0 Å². The molecule has 1 N–H and O–H groups in total. The predicted octanol–water partition coefficient (Wildman–Crippen LogP) is 2.82. The van der Waals surface area contributed by atoms with Gasteiger partial charge in [0.15, 0.2) is 0 Å². The molecule has 0 saturated carbocycles. The molecule has 0 spiro atoms. The maximum absolute atomic E-state index is 13.2. The van der Waals surface area contributed by atoms with E-state index in [1.807, 2.05) is 24.9 Å². The van der Waals surface area contributed by atoms with Gasteiger partial charge in [0, 0.05) is 25.6 Å². The summed E-state index contributed by atoms with van der Waals surface area (Å²) in [6.45, 7) is 11.9. The van der Waals surface area contributed by atoms with Crippen LogP contribution < -0.4 is 5.43 Å². The SMILES string of the molecule is CC.Cc1ccc(C2C=C3C(=O)N(CC(=O)N4CCC(C=O)CC4)CC(C)(C)N3N2)cc1. The summed E-state index contributed by atoms with van der Waals surface area (Å²) in [6, 6.07) is 8.22. The number of piperidine rings is 1. The van der Waals surface area contributed by atoms with Crippen molar-refractivity contribution >= 4 is 18.1 Å². The highest BCUT2D eigenvalue weighted by molar-refractivity contribution is 5.97. The van der Waals surface area contributed by atoms with Crippen LogP contribution in [0.25, 0.3) is 0 Å². The standard InChI is InChI=1S/C23H30N4O3.C2H6/c1-16-4-6-18(7-5-16)19-12-20-22(30)26(15-23(2,3)27(20)24-19)13-21(29)25-10-8-17(14-28)9-11-25;1-2/h4-7,12,14,17,19,24H,8-11,13,15H2,1-3H3;1-2H3. The lowest BCUT2D eigenvalue weighted by Crippen LogP contribution is -2.63. The van der Waals surface area contributed by atoms with Crippen LogP contribution in [0, 0.1) is 12.8 Å². The first kappa shape index (κ1) is 24.0. The minimum absolute atomic E-state index is 0.0430. The number of rotatable bonds is 4. The quantitative estimate of drug-likeness (QED) is 0.729. The lowest BCUT2D eigenvalue weighted by molar-refractivity contribution is -0.145. The molecule has 1 aromatic carbocycles. The molecule has 0 bridgehead atoms. The van der Waals surface area contributed by atoms with Gasteiger partial charge in [-0.15, -0.1) is 0 Å². The number of hydrogen-bond donors (Lipinski definition) is 1. The maximum atomic E-state index is 13.2. The number of nitrogens with one attached hydrogen (secondary N) is 1. The van der Waals surface area contributed by atoms with Crippen LogP contribution in [0.2, 0.25) is 0 Å². The molecule has 2 saturated heterocycles. The smallest absolute Gasteiger partial charge is 0.271 e. The first-order valence-corrected chi connectivity index (χ1v) is 11.7. The molecule has 7 nitrogen and oxygen atoms in total. The van der Waals surface area contributed by atoms with E-state index in [9.17, 15) is 14.4 Å². The Morgan fingerprint density at radius 1 is 1.16 bits per heavy atom. The fraction of sp³-hybridized carbons (Fsp3) is 0.560. The summed E-state index contributed by atoms with van der Waals surface area (Å²) in [5.74, 6) is -0.113. The third-order valence-electron chi connectivity index (χ3n) is 6.37. The molecule has 3 aliphatic rings. The number of nitrogens with zero attached hydrogens (tertiary/aromatic N) is 3. The number of hydrogen-bond acceptors (Lipinski definition) is 5. The summed E-state index contributed by atoms with van der Waals surface area (Å²) < 4.78 is 0. The minimum Gasteiger partial charge on any atom is -0.341 e. The summed E-state index contributed by atoms with van der Waals surface area (Å²) in [6.07, 6.45) is 4.35. The number of carbonyl (C=O) groups excluding carboxylic acids is 3. The number of benzene rings is 1. The third kappa shape index (κ3) is 4.88. The molecule has 2 fully saturated rings. The van der Waals surface area contributed by atoms with Crippen molar-refractivity contribution in [1.82, 2.24) is 20.2 Å². The summed E-state index contributed by atoms with van der Waals surface area (Å²) >= 11 is 0. The van der Waals surface area contributed by atoms with E-state index < -0.39 is 0 Å². The van der Waals surface area contributed by atoms with E-state index >= 15 is 0 Å². The fourth-order valence-corrected chi connectivity index (χ4v) is 4.54. The molecule has 0 aromatic heterocycles. The van der Waals surface area contributed by atoms with Crippen LogP contribution >= 0.6 is 0 Å². The van der Waals surface area contributed by atoms with Crippen LogP contribution in [-0.2, 0) is 14.4 Å². The van der Waals surface area contributed by atoms with Crippen molar-refractivity contribution in [3.05, 3.63) is 47.2 Å². The Morgan fingerprint density at radius 2 is 1.78 bits per heavy atom. The molecule has 174 valence electrons. The van der Waals surface area contributed by atoms with Crippen LogP contribution in [0.5, 0.6) is 0 Å². The largest absolute Gasteiger partial charge is 0.341 e. The Balaban J connectivity index is 0.00000141. The average Bonchev–Trinajstić information content (AvgIpc) is 3.26. The van der Waals surface area contributed by atoms with Crippen LogP contribution in [0.3, 0.4) is 0 Å².